The van der Waals surface area contributed by atoms with E-state index in [0.717, 1.165) is 11.4 Å². The number of rotatable bonds is 3. The van der Waals surface area contributed by atoms with Crippen LogP contribution in [-0.4, -0.2) is 31.2 Å². The first-order chi connectivity index (χ1) is 9.31. The lowest BCUT2D eigenvalue weighted by Gasteiger charge is -2.23. The predicted octanol–water partition coefficient (Wildman–Crippen LogP) is 2.02. The van der Waals surface area contributed by atoms with E-state index in [0.29, 0.717) is 11.9 Å². The minimum Gasteiger partial charge on any atom is -0.381 e. The molecule has 100 valence electrons. The van der Waals surface area contributed by atoms with Gasteiger partial charge in [-0.3, -0.25) is 4.98 Å². The third kappa shape index (κ3) is 2.89. The van der Waals surface area contributed by atoms with Gasteiger partial charge < -0.3 is 5.32 Å². The van der Waals surface area contributed by atoms with Crippen molar-refractivity contribution < 1.29 is 0 Å². The van der Waals surface area contributed by atoms with E-state index in [1.807, 2.05) is 18.3 Å². The Bertz CT molecular complexity index is 526. The molecule has 2 aromatic heterocycles. The number of nitrogens with zero attached hydrogens (tertiary/aromatic N) is 5. The van der Waals surface area contributed by atoms with E-state index in [1.165, 1.54) is 36.9 Å². The molecule has 6 nitrogen and oxygen atoms in total. The summed E-state index contributed by atoms with van der Waals surface area (Å²) in [6.45, 7) is 0. The molecule has 1 N–H and O–H groups in total. The van der Waals surface area contributed by atoms with Gasteiger partial charge in [-0.25, -0.2) is 0 Å². The van der Waals surface area contributed by atoms with Crippen LogP contribution in [0, 0.1) is 0 Å². The third-order valence-electron chi connectivity index (χ3n) is 3.48. The van der Waals surface area contributed by atoms with E-state index in [9.17, 15) is 0 Å². The monoisotopic (exact) mass is 258 g/mol. The lowest BCUT2D eigenvalue weighted by molar-refractivity contribution is 0.462. The number of hydrogen-bond donors (Lipinski definition) is 1. The fourth-order valence-corrected chi connectivity index (χ4v) is 2.48. The highest BCUT2D eigenvalue weighted by atomic mass is 15.6. The van der Waals surface area contributed by atoms with Gasteiger partial charge in [0.15, 0.2) is 0 Å². The molecule has 1 aliphatic rings. The first kappa shape index (κ1) is 12.1. The minimum absolute atomic E-state index is 0.562. The molecule has 1 saturated carbocycles. The molecule has 19 heavy (non-hydrogen) atoms. The fraction of sp³-hybridized carbons (Fsp3) is 0.538. The van der Waals surface area contributed by atoms with Crippen molar-refractivity contribution in [3.05, 3.63) is 18.3 Å². The summed E-state index contributed by atoms with van der Waals surface area (Å²) in [7, 11) is 1.75. The predicted molar refractivity (Wildman–Crippen MR) is 72.5 cm³/mol. The number of nitrogens with one attached hydrogen (secondary N) is 1. The summed E-state index contributed by atoms with van der Waals surface area (Å²) in [5.74, 6) is 0.562. The highest BCUT2D eigenvalue weighted by Crippen LogP contribution is 2.22. The van der Waals surface area contributed by atoms with Crippen LogP contribution in [0.2, 0.25) is 0 Å². The lowest BCUT2D eigenvalue weighted by Crippen LogP contribution is -2.22. The maximum absolute atomic E-state index is 4.39. The van der Waals surface area contributed by atoms with Gasteiger partial charge in [0.25, 0.3) is 0 Å². The molecule has 0 saturated heterocycles. The molecule has 1 aliphatic carbocycles. The van der Waals surface area contributed by atoms with E-state index < -0.39 is 0 Å². The SMILES string of the molecule is Cn1nnc(-c2ccc(NC3CCCCC3)cn2)n1. The van der Waals surface area contributed by atoms with Crippen molar-refractivity contribution in [2.24, 2.45) is 7.05 Å². The quantitative estimate of drug-likeness (QED) is 0.912. The third-order valence-corrected chi connectivity index (χ3v) is 3.48. The zero-order valence-electron chi connectivity index (χ0n) is 11.1. The molecule has 0 unspecified atom stereocenters. The summed E-state index contributed by atoms with van der Waals surface area (Å²) in [4.78, 5) is 5.82. The fourth-order valence-electron chi connectivity index (χ4n) is 2.48. The molecule has 0 bridgehead atoms. The van der Waals surface area contributed by atoms with Gasteiger partial charge in [-0.05, 0) is 30.2 Å². The smallest absolute Gasteiger partial charge is 0.223 e. The Morgan fingerprint density at radius 3 is 2.68 bits per heavy atom. The zero-order chi connectivity index (χ0) is 13.1. The van der Waals surface area contributed by atoms with Gasteiger partial charge in [-0.2, -0.15) is 4.80 Å². The first-order valence-corrected chi connectivity index (χ1v) is 6.78. The van der Waals surface area contributed by atoms with Gasteiger partial charge in [0, 0.05) is 6.04 Å². The Morgan fingerprint density at radius 2 is 2.05 bits per heavy atom. The Kier molecular flexibility index (Phi) is 3.39. The van der Waals surface area contributed by atoms with Crippen LogP contribution in [-0.2, 0) is 7.05 Å². The Balaban J connectivity index is 1.68. The Hall–Kier alpha value is -1.98. The summed E-state index contributed by atoms with van der Waals surface area (Å²) in [6.07, 6.45) is 8.38. The molecule has 2 aromatic rings. The second-order valence-corrected chi connectivity index (χ2v) is 5.01. The molecule has 0 aromatic carbocycles. The summed E-state index contributed by atoms with van der Waals surface area (Å²) in [5, 5.41) is 15.4. The summed E-state index contributed by atoms with van der Waals surface area (Å²) in [5.41, 5.74) is 1.82. The number of hydrogen-bond acceptors (Lipinski definition) is 5. The minimum atomic E-state index is 0.562. The molecule has 3 rings (SSSR count). The van der Waals surface area contributed by atoms with E-state index in [-0.39, 0.29) is 0 Å². The molecule has 1 fully saturated rings. The van der Waals surface area contributed by atoms with Gasteiger partial charge in [0.05, 0.1) is 18.9 Å². The van der Waals surface area contributed by atoms with Gasteiger partial charge in [-0.15, -0.1) is 10.2 Å². The average Bonchev–Trinajstić information content (AvgIpc) is 2.87. The number of pyridine rings is 1. The largest absolute Gasteiger partial charge is 0.381 e. The van der Waals surface area contributed by atoms with Crippen LogP contribution in [0.25, 0.3) is 11.5 Å². The topological polar surface area (TPSA) is 68.5 Å². The van der Waals surface area contributed by atoms with Crippen LogP contribution >= 0.6 is 0 Å². The maximum Gasteiger partial charge on any atom is 0.223 e. The van der Waals surface area contributed by atoms with Gasteiger partial charge in [0.1, 0.15) is 5.69 Å². The Morgan fingerprint density at radius 1 is 1.21 bits per heavy atom. The van der Waals surface area contributed by atoms with E-state index in [2.05, 4.69) is 25.7 Å². The van der Waals surface area contributed by atoms with Crippen LogP contribution in [0.1, 0.15) is 32.1 Å². The lowest BCUT2D eigenvalue weighted by atomic mass is 9.95. The van der Waals surface area contributed by atoms with Crippen LogP contribution in [0.5, 0.6) is 0 Å². The molecule has 0 spiro atoms. The maximum atomic E-state index is 4.39. The molecule has 6 heteroatoms. The van der Waals surface area contributed by atoms with E-state index in [4.69, 9.17) is 0 Å². The van der Waals surface area contributed by atoms with Crippen LogP contribution < -0.4 is 5.32 Å². The molecule has 0 radical (unpaired) electrons. The number of anilines is 1. The number of aryl methyl sites for hydroxylation is 1. The van der Waals surface area contributed by atoms with Crippen LogP contribution in [0.3, 0.4) is 0 Å². The van der Waals surface area contributed by atoms with Crippen molar-refractivity contribution in [3.63, 3.8) is 0 Å². The second-order valence-electron chi connectivity index (χ2n) is 5.01. The highest BCUT2D eigenvalue weighted by Gasteiger charge is 2.13. The highest BCUT2D eigenvalue weighted by molar-refractivity contribution is 5.53. The van der Waals surface area contributed by atoms with Crippen LogP contribution in [0.4, 0.5) is 5.69 Å². The molecule has 0 atom stereocenters. The normalized spacial score (nSPS) is 16.5. The van der Waals surface area contributed by atoms with Gasteiger partial charge in [0.2, 0.25) is 5.82 Å². The Labute approximate surface area is 112 Å². The van der Waals surface area contributed by atoms with Crippen molar-refractivity contribution in [1.82, 2.24) is 25.2 Å². The van der Waals surface area contributed by atoms with Crippen molar-refractivity contribution in [2.75, 3.05) is 5.32 Å². The summed E-state index contributed by atoms with van der Waals surface area (Å²) in [6, 6.07) is 4.56. The molecule has 2 heterocycles. The molecule has 0 aliphatic heterocycles. The van der Waals surface area contributed by atoms with Crippen molar-refractivity contribution in [3.8, 4) is 11.5 Å². The molecule has 0 amide bonds. The number of aromatic nitrogens is 5. The first-order valence-electron chi connectivity index (χ1n) is 6.78. The zero-order valence-corrected chi connectivity index (χ0v) is 11.1. The van der Waals surface area contributed by atoms with Crippen LogP contribution in [0.15, 0.2) is 18.3 Å². The van der Waals surface area contributed by atoms with Crippen molar-refractivity contribution in [1.29, 1.82) is 0 Å². The standard InChI is InChI=1S/C13H18N6/c1-19-17-13(16-18-19)12-8-7-11(9-14-12)15-10-5-3-2-4-6-10/h7-10,15H,2-6H2,1H3. The van der Waals surface area contributed by atoms with Crippen molar-refractivity contribution >= 4 is 5.69 Å². The summed E-state index contributed by atoms with van der Waals surface area (Å²) < 4.78 is 0. The average molecular weight is 258 g/mol. The van der Waals surface area contributed by atoms with E-state index >= 15 is 0 Å². The van der Waals surface area contributed by atoms with Crippen molar-refractivity contribution in [2.45, 2.75) is 38.1 Å². The van der Waals surface area contributed by atoms with E-state index in [1.54, 1.807) is 7.05 Å². The van der Waals surface area contributed by atoms with Gasteiger partial charge in [-0.1, -0.05) is 19.3 Å². The summed E-state index contributed by atoms with van der Waals surface area (Å²) >= 11 is 0. The second kappa shape index (κ2) is 5.34. The molecular weight excluding hydrogens is 240 g/mol. The number of tetrazole rings is 1. The molecular formula is C13H18N6. The van der Waals surface area contributed by atoms with Gasteiger partial charge >= 0.3 is 0 Å².